The van der Waals surface area contributed by atoms with E-state index in [2.05, 4.69) is 32.9 Å². The Morgan fingerprint density at radius 3 is 2.67 bits per heavy atom. The highest BCUT2D eigenvalue weighted by molar-refractivity contribution is 5.47. The molecule has 8 heteroatoms. The van der Waals surface area contributed by atoms with Crippen LogP contribution >= 0.6 is 0 Å². The van der Waals surface area contributed by atoms with Crippen LogP contribution in [0.1, 0.15) is 32.4 Å². The number of rotatable bonds is 7. The van der Waals surface area contributed by atoms with Gasteiger partial charge in [0.25, 0.3) is 0 Å². The number of hydrogen-bond donors (Lipinski definition) is 1. The standard InChI is InChI=1S/C16H20N6O2/c1-4-23-13-7-6-12(10-14(13)24-5-2)11(3)17-15-8-9-16-18-20-21-22(16)19-15/h6-11H,4-5H2,1-3H3,(H,17,19)/t11-/m1/s1. The van der Waals surface area contributed by atoms with E-state index in [0.29, 0.717) is 24.7 Å². The zero-order valence-corrected chi connectivity index (χ0v) is 13.9. The highest BCUT2D eigenvalue weighted by atomic mass is 16.5. The second-order valence-corrected chi connectivity index (χ2v) is 5.18. The summed E-state index contributed by atoms with van der Waals surface area (Å²) in [4.78, 5) is 0. The molecule has 24 heavy (non-hydrogen) atoms. The molecular weight excluding hydrogens is 308 g/mol. The maximum atomic E-state index is 5.68. The van der Waals surface area contributed by atoms with Gasteiger partial charge >= 0.3 is 0 Å². The van der Waals surface area contributed by atoms with E-state index < -0.39 is 0 Å². The SMILES string of the molecule is CCOc1ccc([C@@H](C)Nc2ccc3nnnn3n2)cc1OCC. The van der Waals surface area contributed by atoms with E-state index >= 15 is 0 Å². The van der Waals surface area contributed by atoms with Crippen LogP contribution in [0.3, 0.4) is 0 Å². The van der Waals surface area contributed by atoms with Crippen LogP contribution in [-0.2, 0) is 0 Å². The first-order valence-corrected chi connectivity index (χ1v) is 7.92. The number of ether oxygens (including phenoxy) is 2. The lowest BCUT2D eigenvalue weighted by Crippen LogP contribution is -2.10. The fraction of sp³-hybridized carbons (Fsp3) is 0.375. The Morgan fingerprint density at radius 2 is 1.88 bits per heavy atom. The first-order valence-electron chi connectivity index (χ1n) is 7.92. The summed E-state index contributed by atoms with van der Waals surface area (Å²) in [5.74, 6) is 2.19. The van der Waals surface area contributed by atoms with Crippen molar-refractivity contribution >= 4 is 11.5 Å². The summed E-state index contributed by atoms with van der Waals surface area (Å²) in [6.07, 6.45) is 0. The Morgan fingerprint density at radius 1 is 1.08 bits per heavy atom. The van der Waals surface area contributed by atoms with Crippen LogP contribution in [0.4, 0.5) is 5.82 Å². The van der Waals surface area contributed by atoms with Crippen LogP contribution in [0.5, 0.6) is 11.5 Å². The number of anilines is 1. The van der Waals surface area contributed by atoms with Crippen LogP contribution in [0.25, 0.3) is 5.65 Å². The van der Waals surface area contributed by atoms with Crippen LogP contribution in [-0.4, -0.2) is 38.5 Å². The molecule has 0 bridgehead atoms. The average Bonchev–Trinajstić information content (AvgIpc) is 3.04. The summed E-state index contributed by atoms with van der Waals surface area (Å²) in [5, 5.41) is 18.9. The number of tetrazole rings is 1. The Bertz CT molecular complexity index is 819. The largest absolute Gasteiger partial charge is 0.490 e. The van der Waals surface area contributed by atoms with E-state index in [9.17, 15) is 0 Å². The van der Waals surface area contributed by atoms with Crippen molar-refractivity contribution < 1.29 is 9.47 Å². The predicted octanol–water partition coefficient (Wildman–Crippen LogP) is 2.49. The second-order valence-electron chi connectivity index (χ2n) is 5.18. The molecule has 0 aliphatic heterocycles. The maximum Gasteiger partial charge on any atom is 0.200 e. The van der Waals surface area contributed by atoms with Gasteiger partial charge in [-0.25, -0.2) is 0 Å². The van der Waals surface area contributed by atoms with Crippen LogP contribution in [0, 0.1) is 0 Å². The molecule has 0 aliphatic rings. The summed E-state index contributed by atoms with van der Waals surface area (Å²) in [7, 11) is 0. The van der Waals surface area contributed by atoms with Crippen molar-refractivity contribution in [2.24, 2.45) is 0 Å². The van der Waals surface area contributed by atoms with Crippen molar-refractivity contribution in [3.63, 3.8) is 0 Å². The van der Waals surface area contributed by atoms with Crippen molar-refractivity contribution in [2.75, 3.05) is 18.5 Å². The van der Waals surface area contributed by atoms with Crippen molar-refractivity contribution in [3.8, 4) is 11.5 Å². The Hall–Kier alpha value is -2.90. The summed E-state index contributed by atoms with van der Waals surface area (Å²) in [5.41, 5.74) is 1.67. The van der Waals surface area contributed by atoms with Gasteiger partial charge in [0.05, 0.1) is 19.3 Å². The quantitative estimate of drug-likeness (QED) is 0.713. The van der Waals surface area contributed by atoms with Crippen molar-refractivity contribution in [3.05, 3.63) is 35.9 Å². The molecule has 2 aromatic heterocycles. The smallest absolute Gasteiger partial charge is 0.200 e. The van der Waals surface area contributed by atoms with Gasteiger partial charge in [0.2, 0.25) is 0 Å². The molecule has 8 nitrogen and oxygen atoms in total. The van der Waals surface area contributed by atoms with Crippen molar-refractivity contribution in [2.45, 2.75) is 26.8 Å². The first kappa shape index (κ1) is 16.0. The molecule has 1 atom stereocenters. The zero-order valence-electron chi connectivity index (χ0n) is 13.9. The third kappa shape index (κ3) is 3.37. The van der Waals surface area contributed by atoms with Gasteiger partial charge in [-0.3, -0.25) is 0 Å². The van der Waals surface area contributed by atoms with Gasteiger partial charge in [0.1, 0.15) is 5.82 Å². The van der Waals surface area contributed by atoms with Gasteiger partial charge in [-0.2, -0.15) is 0 Å². The summed E-state index contributed by atoms with van der Waals surface area (Å²) in [6, 6.07) is 9.62. The fourth-order valence-corrected chi connectivity index (χ4v) is 2.37. The summed E-state index contributed by atoms with van der Waals surface area (Å²) >= 11 is 0. The predicted molar refractivity (Wildman–Crippen MR) is 89.4 cm³/mol. The topological polar surface area (TPSA) is 86.5 Å². The number of nitrogens with zero attached hydrogens (tertiary/aromatic N) is 5. The minimum atomic E-state index is 0.0290. The molecule has 126 valence electrons. The molecule has 0 saturated carbocycles. The second kappa shape index (κ2) is 7.12. The molecule has 0 spiro atoms. The summed E-state index contributed by atoms with van der Waals surface area (Å²) in [6.45, 7) is 7.15. The highest BCUT2D eigenvalue weighted by Crippen LogP contribution is 2.31. The molecule has 0 amide bonds. The van der Waals surface area contributed by atoms with Gasteiger partial charge in [-0.15, -0.1) is 14.8 Å². The number of nitrogens with one attached hydrogen (secondary N) is 1. The monoisotopic (exact) mass is 328 g/mol. The van der Waals surface area contributed by atoms with E-state index in [1.165, 1.54) is 4.63 Å². The van der Waals surface area contributed by atoms with Crippen molar-refractivity contribution in [1.82, 2.24) is 25.3 Å². The first-order chi connectivity index (χ1) is 11.7. The lowest BCUT2D eigenvalue weighted by atomic mass is 10.1. The Labute approximate surface area is 139 Å². The molecule has 1 aromatic carbocycles. The van der Waals surface area contributed by atoms with Gasteiger partial charge in [0, 0.05) is 0 Å². The van der Waals surface area contributed by atoms with E-state index in [-0.39, 0.29) is 6.04 Å². The molecule has 1 N–H and O–H groups in total. The molecule has 0 saturated heterocycles. The van der Waals surface area contributed by atoms with Crippen LogP contribution in [0.15, 0.2) is 30.3 Å². The van der Waals surface area contributed by atoms with E-state index in [1.807, 2.05) is 44.2 Å². The van der Waals surface area contributed by atoms with Crippen LogP contribution in [0.2, 0.25) is 0 Å². The normalized spacial score (nSPS) is 12.1. The number of hydrogen-bond acceptors (Lipinski definition) is 7. The lowest BCUT2D eigenvalue weighted by Gasteiger charge is -2.17. The minimum absolute atomic E-state index is 0.0290. The highest BCUT2D eigenvalue weighted by Gasteiger charge is 2.12. The third-order valence-electron chi connectivity index (χ3n) is 3.50. The van der Waals surface area contributed by atoms with Gasteiger partial charge in [0.15, 0.2) is 17.1 Å². The van der Waals surface area contributed by atoms with E-state index in [4.69, 9.17) is 9.47 Å². The zero-order chi connectivity index (χ0) is 16.9. The molecule has 0 aliphatic carbocycles. The Balaban J connectivity index is 1.80. The lowest BCUT2D eigenvalue weighted by molar-refractivity contribution is 0.287. The van der Waals surface area contributed by atoms with Gasteiger partial charge in [-0.05, 0) is 61.0 Å². The molecule has 2 heterocycles. The minimum Gasteiger partial charge on any atom is -0.490 e. The maximum absolute atomic E-state index is 5.68. The van der Waals surface area contributed by atoms with Gasteiger partial charge < -0.3 is 14.8 Å². The molecule has 3 aromatic rings. The van der Waals surface area contributed by atoms with Crippen molar-refractivity contribution in [1.29, 1.82) is 0 Å². The van der Waals surface area contributed by atoms with E-state index in [0.717, 1.165) is 17.1 Å². The number of aromatic nitrogens is 5. The van der Waals surface area contributed by atoms with E-state index in [1.54, 1.807) is 0 Å². The molecule has 0 unspecified atom stereocenters. The molecular formula is C16H20N6O2. The Kier molecular flexibility index (Phi) is 4.74. The van der Waals surface area contributed by atoms with Gasteiger partial charge in [-0.1, -0.05) is 6.07 Å². The average molecular weight is 328 g/mol. The number of fused-ring (bicyclic) bond motifs is 1. The molecule has 3 rings (SSSR count). The molecule has 0 radical (unpaired) electrons. The third-order valence-corrected chi connectivity index (χ3v) is 3.50. The number of benzene rings is 1. The van der Waals surface area contributed by atoms with Crippen LogP contribution < -0.4 is 14.8 Å². The molecule has 0 fully saturated rings. The fourth-order valence-electron chi connectivity index (χ4n) is 2.37. The summed E-state index contributed by atoms with van der Waals surface area (Å²) < 4.78 is 12.7.